The Bertz CT molecular complexity index is 999. The topological polar surface area (TPSA) is 53.6 Å². The molecule has 3 aliphatic rings. The number of benzene rings is 2. The van der Waals surface area contributed by atoms with Crippen LogP contribution in [0.1, 0.15) is 55.8 Å². The average Bonchev–Trinajstić information content (AvgIpc) is 3.42. The lowest BCUT2D eigenvalue weighted by molar-refractivity contribution is -0.121. The Kier molecular flexibility index (Phi) is 7.69. The van der Waals surface area contributed by atoms with Gasteiger partial charge in [-0.3, -0.25) is 4.79 Å². The Morgan fingerprint density at radius 3 is 2.58 bits per heavy atom. The van der Waals surface area contributed by atoms with Gasteiger partial charge in [0.05, 0.1) is 18.2 Å². The van der Waals surface area contributed by atoms with Crippen LogP contribution >= 0.6 is 24.8 Å². The molecule has 2 heterocycles. The highest BCUT2D eigenvalue weighted by molar-refractivity contribution is 6.07. The minimum atomic E-state index is -0.511. The number of hydrogen-bond acceptors (Lipinski definition) is 4. The van der Waals surface area contributed by atoms with Gasteiger partial charge in [0.1, 0.15) is 5.75 Å². The molecule has 1 amide bonds. The Labute approximate surface area is 209 Å². The minimum absolute atomic E-state index is 0. The van der Waals surface area contributed by atoms with E-state index in [0.717, 1.165) is 29.1 Å². The Balaban J connectivity index is 0.00000153. The molecule has 0 bridgehead atoms. The highest BCUT2D eigenvalue weighted by Gasteiger charge is 2.46. The van der Waals surface area contributed by atoms with Crippen LogP contribution in [0.2, 0.25) is 0 Å². The van der Waals surface area contributed by atoms with Crippen LogP contribution in [0.4, 0.5) is 5.69 Å². The molecule has 2 aromatic carbocycles. The quantitative estimate of drug-likeness (QED) is 0.632. The standard InChI is InChI=1S/C26H33N3O2.2ClH/c1-26(2)19-13-17(22(31-4)14-21(19)29(3)25(26)30)15-27-24-18-11-8-12-20(18)28-23(24)16-9-6-5-7-10-16;;/h5-7,9-10,13-14,18,20,23-24,27-28H,8,11-12,15H2,1-4H3;2*1H. The zero-order valence-electron chi connectivity index (χ0n) is 19.8. The molecule has 7 heteroatoms. The minimum Gasteiger partial charge on any atom is -0.496 e. The first-order valence-electron chi connectivity index (χ1n) is 11.5. The fourth-order valence-corrected chi connectivity index (χ4v) is 6.03. The van der Waals surface area contributed by atoms with Gasteiger partial charge in [0.2, 0.25) is 5.91 Å². The van der Waals surface area contributed by atoms with E-state index in [1.54, 1.807) is 12.0 Å². The number of fused-ring (bicyclic) bond motifs is 2. The number of anilines is 1. The summed E-state index contributed by atoms with van der Waals surface area (Å²) in [5.74, 6) is 1.62. The molecule has 1 saturated heterocycles. The van der Waals surface area contributed by atoms with Gasteiger partial charge in [-0.1, -0.05) is 36.8 Å². The summed E-state index contributed by atoms with van der Waals surface area (Å²) < 4.78 is 5.74. The largest absolute Gasteiger partial charge is 0.496 e. The maximum absolute atomic E-state index is 12.7. The number of ether oxygens (including phenoxy) is 1. The fourth-order valence-electron chi connectivity index (χ4n) is 6.03. The summed E-state index contributed by atoms with van der Waals surface area (Å²) in [6.07, 6.45) is 3.83. The second kappa shape index (κ2) is 9.83. The van der Waals surface area contributed by atoms with Crippen molar-refractivity contribution >= 4 is 36.4 Å². The fraction of sp³-hybridized carbons (Fsp3) is 0.500. The molecule has 2 aliphatic heterocycles. The number of likely N-dealkylation sites (N-methyl/N-ethyl adjacent to an activating group) is 1. The van der Waals surface area contributed by atoms with Gasteiger partial charge in [0.15, 0.2) is 0 Å². The molecule has 5 nitrogen and oxygen atoms in total. The van der Waals surface area contributed by atoms with E-state index in [9.17, 15) is 4.79 Å². The van der Waals surface area contributed by atoms with Crippen molar-refractivity contribution in [3.05, 3.63) is 59.2 Å². The molecule has 5 rings (SSSR count). The Morgan fingerprint density at radius 2 is 1.88 bits per heavy atom. The number of nitrogens with one attached hydrogen (secondary N) is 2. The van der Waals surface area contributed by atoms with Crippen LogP contribution in [0.15, 0.2) is 42.5 Å². The summed E-state index contributed by atoms with van der Waals surface area (Å²) in [5.41, 5.74) is 3.99. The first kappa shape index (κ1) is 25.8. The van der Waals surface area contributed by atoms with Gasteiger partial charge in [-0.2, -0.15) is 0 Å². The van der Waals surface area contributed by atoms with Crippen molar-refractivity contribution < 1.29 is 9.53 Å². The number of halogens is 2. The molecule has 2 N–H and O–H groups in total. The summed E-state index contributed by atoms with van der Waals surface area (Å²) in [7, 11) is 3.56. The van der Waals surface area contributed by atoms with E-state index >= 15 is 0 Å². The van der Waals surface area contributed by atoms with Crippen LogP contribution in [-0.2, 0) is 16.8 Å². The number of methoxy groups -OCH3 is 1. The first-order chi connectivity index (χ1) is 14.9. The second-order valence-electron chi connectivity index (χ2n) is 9.83. The van der Waals surface area contributed by atoms with Gasteiger partial charge in [-0.25, -0.2) is 0 Å². The second-order valence-corrected chi connectivity index (χ2v) is 9.83. The summed E-state index contributed by atoms with van der Waals surface area (Å²) in [4.78, 5) is 14.5. The van der Waals surface area contributed by atoms with E-state index in [2.05, 4.69) is 47.0 Å². The first-order valence-corrected chi connectivity index (χ1v) is 11.5. The van der Waals surface area contributed by atoms with Crippen molar-refractivity contribution in [3.8, 4) is 5.75 Å². The van der Waals surface area contributed by atoms with Crippen molar-refractivity contribution in [2.45, 2.75) is 63.2 Å². The van der Waals surface area contributed by atoms with E-state index in [1.807, 2.05) is 27.0 Å². The maximum Gasteiger partial charge on any atom is 0.236 e. The summed E-state index contributed by atoms with van der Waals surface area (Å²) in [6.45, 7) is 4.75. The third-order valence-electron chi connectivity index (χ3n) is 7.74. The number of carbonyl (C=O) groups is 1. The van der Waals surface area contributed by atoms with Gasteiger partial charge in [0.25, 0.3) is 0 Å². The third-order valence-corrected chi connectivity index (χ3v) is 7.74. The Hall–Kier alpha value is -1.79. The SMILES string of the molecule is COc1cc2c(cc1CNC1C(c3ccccc3)NC3CCCC31)C(C)(C)C(=O)N2C.Cl.Cl. The van der Waals surface area contributed by atoms with E-state index in [4.69, 9.17) is 4.74 Å². The van der Waals surface area contributed by atoms with Gasteiger partial charge in [0, 0.05) is 43.3 Å². The van der Waals surface area contributed by atoms with Crippen LogP contribution in [0.5, 0.6) is 5.75 Å². The van der Waals surface area contributed by atoms with Crippen molar-refractivity contribution in [2.75, 3.05) is 19.1 Å². The van der Waals surface area contributed by atoms with Crippen molar-refractivity contribution in [2.24, 2.45) is 5.92 Å². The Morgan fingerprint density at radius 1 is 1.15 bits per heavy atom. The predicted molar refractivity (Wildman–Crippen MR) is 138 cm³/mol. The lowest BCUT2D eigenvalue weighted by atomic mass is 9.85. The van der Waals surface area contributed by atoms with Crippen LogP contribution in [-0.4, -0.2) is 32.1 Å². The molecule has 4 atom stereocenters. The zero-order chi connectivity index (χ0) is 21.8. The summed E-state index contributed by atoms with van der Waals surface area (Å²) in [6, 6.07) is 16.3. The maximum atomic E-state index is 12.7. The monoisotopic (exact) mass is 491 g/mol. The number of rotatable bonds is 5. The van der Waals surface area contributed by atoms with E-state index < -0.39 is 5.41 Å². The molecule has 0 radical (unpaired) electrons. The number of nitrogens with zero attached hydrogens (tertiary/aromatic N) is 1. The molecular weight excluding hydrogens is 457 g/mol. The molecule has 33 heavy (non-hydrogen) atoms. The van der Waals surface area contributed by atoms with Crippen molar-refractivity contribution in [1.82, 2.24) is 10.6 Å². The third kappa shape index (κ3) is 4.25. The van der Waals surface area contributed by atoms with Crippen LogP contribution in [0.3, 0.4) is 0 Å². The van der Waals surface area contributed by atoms with Crippen LogP contribution < -0.4 is 20.3 Å². The normalized spacial score (nSPS) is 26.9. The predicted octanol–water partition coefficient (Wildman–Crippen LogP) is 4.76. The van der Waals surface area contributed by atoms with E-state index in [1.165, 1.54) is 24.8 Å². The van der Waals surface area contributed by atoms with Gasteiger partial charge in [-0.15, -0.1) is 24.8 Å². The molecule has 180 valence electrons. The molecule has 1 aliphatic carbocycles. The average molecular weight is 492 g/mol. The molecule has 2 aromatic rings. The molecule has 2 fully saturated rings. The van der Waals surface area contributed by atoms with Crippen LogP contribution in [0, 0.1) is 5.92 Å². The molecule has 4 unspecified atom stereocenters. The number of hydrogen-bond donors (Lipinski definition) is 2. The molecule has 1 saturated carbocycles. The summed E-state index contributed by atoms with van der Waals surface area (Å²) in [5, 5.41) is 7.80. The molecular formula is C26H35Cl2N3O2. The van der Waals surface area contributed by atoms with Gasteiger partial charge in [-0.05, 0) is 49.8 Å². The smallest absolute Gasteiger partial charge is 0.236 e. The number of amides is 1. The van der Waals surface area contributed by atoms with E-state index in [0.29, 0.717) is 24.0 Å². The molecule has 0 spiro atoms. The summed E-state index contributed by atoms with van der Waals surface area (Å²) >= 11 is 0. The van der Waals surface area contributed by atoms with Crippen LogP contribution in [0.25, 0.3) is 0 Å². The van der Waals surface area contributed by atoms with Crippen molar-refractivity contribution in [1.29, 1.82) is 0 Å². The van der Waals surface area contributed by atoms with Crippen molar-refractivity contribution in [3.63, 3.8) is 0 Å². The van der Waals surface area contributed by atoms with Gasteiger partial charge >= 0.3 is 0 Å². The lowest BCUT2D eigenvalue weighted by Gasteiger charge is -2.26. The number of carbonyl (C=O) groups excluding carboxylic acids is 1. The van der Waals surface area contributed by atoms with Gasteiger partial charge < -0.3 is 20.3 Å². The lowest BCUT2D eigenvalue weighted by Crippen LogP contribution is -2.38. The highest BCUT2D eigenvalue weighted by atomic mass is 35.5. The molecule has 0 aromatic heterocycles. The van der Waals surface area contributed by atoms with E-state index in [-0.39, 0.29) is 30.7 Å². The highest BCUT2D eigenvalue weighted by Crippen LogP contribution is 2.45. The zero-order valence-corrected chi connectivity index (χ0v) is 21.4.